The van der Waals surface area contributed by atoms with E-state index >= 15 is 0 Å². The van der Waals surface area contributed by atoms with Crippen molar-refractivity contribution in [2.24, 2.45) is 0 Å². The highest BCUT2D eigenvalue weighted by Gasteiger charge is 2.36. The van der Waals surface area contributed by atoms with Crippen molar-refractivity contribution in [2.45, 2.75) is 38.5 Å². The zero-order valence-corrected chi connectivity index (χ0v) is 49.2. The monoisotopic (exact) mass is 1130 g/mol. The van der Waals surface area contributed by atoms with Crippen LogP contribution >= 0.6 is 0 Å². The molecule has 13 nitrogen and oxygen atoms in total. The van der Waals surface area contributed by atoms with E-state index in [9.17, 15) is 28.8 Å². The van der Waals surface area contributed by atoms with E-state index < -0.39 is 0 Å². The first-order chi connectivity index (χ1) is 41.1. The molecule has 0 unspecified atom stereocenters. The summed E-state index contributed by atoms with van der Waals surface area (Å²) in [6.45, 7) is 3.41. The molecule has 85 heavy (non-hydrogen) atoms. The molecule has 3 aliphatic heterocycles. The molecule has 428 valence electrons. The van der Waals surface area contributed by atoms with Gasteiger partial charge in [-0.2, -0.15) is 0 Å². The number of anilines is 3. The van der Waals surface area contributed by atoms with Crippen molar-refractivity contribution in [1.29, 1.82) is 0 Å². The van der Waals surface area contributed by atoms with Crippen LogP contribution in [-0.4, -0.2) is 146 Å². The molecule has 0 spiro atoms. The molecule has 0 bridgehead atoms. The van der Waals surface area contributed by atoms with Gasteiger partial charge in [-0.15, -0.1) is 0 Å². The second-order valence-electron chi connectivity index (χ2n) is 23.5. The van der Waals surface area contributed by atoms with Crippen LogP contribution in [-0.2, 0) is 33.6 Å². The van der Waals surface area contributed by atoms with E-state index in [-0.39, 0.29) is 54.7 Å². The van der Waals surface area contributed by atoms with E-state index in [1.54, 1.807) is 0 Å². The quantitative estimate of drug-likeness (QED) is 0.0767. The van der Waals surface area contributed by atoms with Crippen molar-refractivity contribution in [3.05, 3.63) is 197 Å². The Morgan fingerprint density at radius 1 is 0.329 bits per heavy atom. The number of hydrogen-bond donors (Lipinski definition) is 0. The number of carbonyl (C=O) groups excluding carboxylic acids is 6. The number of benzene rings is 9. The topological polar surface area (TPSA) is 125 Å². The number of rotatable bonds is 18. The lowest BCUT2D eigenvalue weighted by Crippen LogP contribution is -2.43. The predicted octanol–water partition coefficient (Wildman–Crippen LogP) is 12.0. The van der Waals surface area contributed by atoms with Gasteiger partial charge in [0.25, 0.3) is 17.7 Å². The van der Waals surface area contributed by atoms with E-state index in [2.05, 4.69) is 92.4 Å². The lowest BCUT2D eigenvalue weighted by Gasteiger charge is -2.29. The largest absolute Gasteiger partial charge is 0.311 e. The number of hydrogen-bond acceptors (Lipinski definition) is 10. The van der Waals surface area contributed by atoms with Crippen LogP contribution in [0.25, 0.3) is 65.7 Å². The van der Waals surface area contributed by atoms with Gasteiger partial charge in [-0.25, -0.2) is 0 Å². The fourth-order valence-electron chi connectivity index (χ4n) is 12.8. The van der Waals surface area contributed by atoms with Crippen LogP contribution in [0.5, 0.6) is 0 Å². The molecule has 9 aromatic carbocycles. The van der Waals surface area contributed by atoms with Crippen LogP contribution in [0.3, 0.4) is 0 Å². The Morgan fingerprint density at radius 2 is 0.576 bits per heavy atom. The number of carbonyl (C=O) groups is 6. The summed E-state index contributed by atoms with van der Waals surface area (Å²) in [7, 11) is 11.9. The Hall–Kier alpha value is -9.14. The Labute approximate surface area is 496 Å². The highest BCUT2D eigenvalue weighted by atomic mass is 16.2. The Kier molecular flexibility index (Phi) is 15.6. The Morgan fingerprint density at radius 3 is 0.824 bits per heavy atom. The maximum absolute atomic E-state index is 14.2. The minimum atomic E-state index is -0.248. The first-order valence-corrected chi connectivity index (χ1v) is 29.4. The van der Waals surface area contributed by atoms with Crippen LogP contribution in [0.2, 0.25) is 0 Å². The summed E-state index contributed by atoms with van der Waals surface area (Å²) in [5, 5.41) is 5.24. The Bertz CT molecular complexity index is 3730. The van der Waals surface area contributed by atoms with Crippen LogP contribution in [0.1, 0.15) is 67.0 Å². The van der Waals surface area contributed by atoms with E-state index in [0.717, 1.165) is 119 Å². The summed E-state index contributed by atoms with van der Waals surface area (Å²) < 4.78 is 0. The highest BCUT2D eigenvalue weighted by Crippen LogP contribution is 2.44. The van der Waals surface area contributed by atoms with Crippen LogP contribution < -0.4 is 4.90 Å². The standard InChI is InChI=1S/C72H69N7O6/c1-73(2)34-13-37-76-64(80)43-49-40-61(55-16-7-10-19-58(55)67(49)70(76)83)46-22-28-52(29-23-46)79(53-30-24-47(25-31-53)62-41-50-44-65(81)77(38-14-35-74(3)4)71(84)68(50)59-20-11-8-17-56(59)62)54-32-26-48(27-33-54)63-42-51-45-66(82)78(39-15-36-75(5)6)72(85)69(51)60-21-12-9-18-57(60)63/h7-12,16-33,40-42H,13-15,34-39,43-45H2,1-6H3. The fraction of sp³-hybridized carbons (Fsp3) is 0.250. The van der Waals surface area contributed by atoms with E-state index in [4.69, 9.17) is 0 Å². The van der Waals surface area contributed by atoms with Gasteiger partial charge < -0.3 is 19.6 Å². The maximum Gasteiger partial charge on any atom is 0.261 e. The van der Waals surface area contributed by atoms with Crippen LogP contribution in [0, 0.1) is 0 Å². The summed E-state index contributed by atoms with van der Waals surface area (Å²) in [5.41, 5.74) is 12.2. The number of amides is 6. The molecule has 13 heteroatoms. The third-order valence-corrected chi connectivity index (χ3v) is 17.0. The van der Waals surface area contributed by atoms with Crippen molar-refractivity contribution >= 4 is 84.8 Å². The van der Waals surface area contributed by atoms with Gasteiger partial charge in [-0.3, -0.25) is 43.5 Å². The normalized spacial score (nSPS) is 14.4. The van der Waals surface area contributed by atoms with E-state index in [1.165, 1.54) is 14.7 Å². The lowest BCUT2D eigenvalue weighted by molar-refractivity contribution is -0.129. The molecule has 0 aliphatic carbocycles. The zero-order chi connectivity index (χ0) is 59.2. The second-order valence-corrected chi connectivity index (χ2v) is 23.5. The summed E-state index contributed by atoms with van der Waals surface area (Å²) in [6.07, 6.45) is 2.49. The van der Waals surface area contributed by atoms with Crippen molar-refractivity contribution in [3.8, 4) is 33.4 Å². The minimum absolute atomic E-state index is 0.138. The maximum atomic E-state index is 14.2. The molecule has 0 N–H and O–H groups in total. The van der Waals surface area contributed by atoms with Gasteiger partial charge in [0, 0.05) is 36.7 Å². The smallest absolute Gasteiger partial charge is 0.261 e. The number of imide groups is 3. The molecule has 12 rings (SSSR count). The molecule has 9 aromatic rings. The molecule has 0 saturated heterocycles. The van der Waals surface area contributed by atoms with Gasteiger partial charge in [0.15, 0.2) is 0 Å². The zero-order valence-electron chi connectivity index (χ0n) is 49.2. The van der Waals surface area contributed by atoms with E-state index in [0.29, 0.717) is 55.6 Å². The molecule has 0 aromatic heterocycles. The van der Waals surface area contributed by atoms with Crippen LogP contribution in [0.4, 0.5) is 17.1 Å². The molecule has 0 saturated carbocycles. The average Bonchev–Trinajstić information content (AvgIpc) is 3.68. The molecule has 3 aliphatic rings. The van der Waals surface area contributed by atoms with Gasteiger partial charge >= 0.3 is 0 Å². The van der Waals surface area contributed by atoms with Crippen molar-refractivity contribution < 1.29 is 28.8 Å². The third kappa shape index (κ3) is 10.8. The minimum Gasteiger partial charge on any atom is -0.311 e. The summed E-state index contributed by atoms with van der Waals surface area (Å²) in [4.78, 5) is 96.1. The van der Waals surface area contributed by atoms with Gasteiger partial charge in [-0.05, 0) is 218 Å². The first-order valence-electron chi connectivity index (χ1n) is 29.4. The van der Waals surface area contributed by atoms with E-state index in [1.807, 2.05) is 133 Å². The van der Waals surface area contributed by atoms with Crippen molar-refractivity contribution in [3.63, 3.8) is 0 Å². The fourth-order valence-corrected chi connectivity index (χ4v) is 12.8. The predicted molar refractivity (Wildman–Crippen MR) is 339 cm³/mol. The highest BCUT2D eigenvalue weighted by molar-refractivity contribution is 6.21. The van der Waals surface area contributed by atoms with Crippen molar-refractivity contribution in [1.82, 2.24) is 29.4 Å². The summed E-state index contributed by atoms with van der Waals surface area (Å²) >= 11 is 0. The molecule has 0 radical (unpaired) electrons. The average molecular weight is 1130 g/mol. The molecular weight excluding hydrogens is 1060 g/mol. The van der Waals surface area contributed by atoms with Crippen LogP contribution in [0.15, 0.2) is 164 Å². The summed E-state index contributed by atoms with van der Waals surface area (Å²) in [6, 6.07) is 55.0. The molecule has 0 fully saturated rings. The number of nitrogens with zero attached hydrogens (tertiary/aromatic N) is 7. The van der Waals surface area contributed by atoms with Gasteiger partial charge in [0.2, 0.25) is 17.7 Å². The van der Waals surface area contributed by atoms with Crippen molar-refractivity contribution in [2.75, 3.05) is 86.5 Å². The molecular formula is C72H69N7O6. The Balaban J connectivity index is 0.923. The first kappa shape index (κ1) is 56.3. The SMILES string of the molecule is CN(C)CCCN1C(=O)Cc2cc(-c3ccc(N(c4ccc(-c5cc6c(c7ccccc57)C(=O)N(CCCN(C)C)C(=O)C6)cc4)c4ccc(-c5cc6c(c7ccccc57)C(=O)N(CCCN(C)C)C(=O)C6)cc4)cc3)c3ccccc3c2C1=O. The molecule has 6 amide bonds. The van der Waals surface area contributed by atoms with Gasteiger partial charge in [0.1, 0.15) is 0 Å². The second kappa shape index (κ2) is 23.5. The summed E-state index contributed by atoms with van der Waals surface area (Å²) in [5.74, 6) is -1.31. The van der Waals surface area contributed by atoms with Gasteiger partial charge in [-0.1, -0.05) is 109 Å². The lowest BCUT2D eigenvalue weighted by atomic mass is 9.87. The number of fused-ring (bicyclic) bond motifs is 9. The third-order valence-electron chi connectivity index (χ3n) is 17.0. The van der Waals surface area contributed by atoms with Gasteiger partial charge in [0.05, 0.1) is 36.0 Å². The molecule has 3 heterocycles. The molecule has 0 atom stereocenters.